The number of carbonyl (C=O) groups excluding carboxylic acids is 1. The first-order valence-corrected chi connectivity index (χ1v) is 10.3. The van der Waals surface area contributed by atoms with E-state index in [-0.39, 0.29) is 10.8 Å². The smallest absolute Gasteiger partial charge is 0.262 e. The number of anilines is 1. The monoisotopic (exact) mass is 388 g/mol. The molecule has 0 spiro atoms. The summed E-state index contributed by atoms with van der Waals surface area (Å²) in [6.45, 7) is 1.52. The molecule has 0 aromatic heterocycles. The van der Waals surface area contributed by atoms with Gasteiger partial charge in [-0.25, -0.2) is 8.42 Å². The Balaban J connectivity index is 1.45. The number of amides is 1. The number of sulfonamides is 1. The fourth-order valence-corrected chi connectivity index (χ4v) is 3.83. The van der Waals surface area contributed by atoms with Gasteiger partial charge in [-0.3, -0.25) is 9.52 Å². The van der Waals surface area contributed by atoms with E-state index in [4.69, 9.17) is 9.47 Å². The summed E-state index contributed by atoms with van der Waals surface area (Å²) in [6.07, 6.45) is 2.34. The van der Waals surface area contributed by atoms with Crippen molar-refractivity contribution in [1.82, 2.24) is 5.32 Å². The molecule has 2 aromatic rings. The summed E-state index contributed by atoms with van der Waals surface area (Å²) < 4.78 is 38.6. The van der Waals surface area contributed by atoms with E-state index in [1.165, 1.54) is 25.0 Å². The number of rotatable bonds is 6. The van der Waals surface area contributed by atoms with Gasteiger partial charge in [0.05, 0.1) is 4.90 Å². The third-order valence-electron chi connectivity index (χ3n) is 4.47. The Morgan fingerprint density at radius 2 is 1.70 bits per heavy atom. The number of nitrogens with one attached hydrogen (secondary N) is 2. The minimum atomic E-state index is -3.78. The molecule has 0 bridgehead atoms. The van der Waals surface area contributed by atoms with Gasteiger partial charge in [0.1, 0.15) is 13.2 Å². The lowest BCUT2D eigenvalue weighted by molar-refractivity contribution is 0.0952. The van der Waals surface area contributed by atoms with E-state index < -0.39 is 10.0 Å². The first-order chi connectivity index (χ1) is 13.0. The van der Waals surface area contributed by atoms with Crippen LogP contribution < -0.4 is 19.5 Å². The highest BCUT2D eigenvalue weighted by Crippen LogP contribution is 2.32. The third-order valence-corrected chi connectivity index (χ3v) is 5.85. The molecule has 27 heavy (non-hydrogen) atoms. The molecule has 0 unspecified atom stereocenters. The fourth-order valence-electron chi connectivity index (χ4n) is 2.76. The average Bonchev–Trinajstić information content (AvgIpc) is 3.50. The molecule has 8 heteroatoms. The van der Waals surface area contributed by atoms with E-state index in [1.54, 1.807) is 30.3 Å². The summed E-state index contributed by atoms with van der Waals surface area (Å²) in [4.78, 5) is 12.1. The Morgan fingerprint density at radius 1 is 1.00 bits per heavy atom. The first kappa shape index (κ1) is 17.7. The van der Waals surface area contributed by atoms with Crippen LogP contribution in [0.1, 0.15) is 23.2 Å². The summed E-state index contributed by atoms with van der Waals surface area (Å²) in [6, 6.07) is 10.8. The lowest BCUT2D eigenvalue weighted by atomic mass is 10.2. The predicted molar refractivity (Wildman–Crippen MR) is 99.7 cm³/mol. The minimum Gasteiger partial charge on any atom is -0.486 e. The van der Waals surface area contributed by atoms with Gasteiger partial charge in [-0.15, -0.1) is 0 Å². The second-order valence-corrected chi connectivity index (χ2v) is 8.32. The number of carbonyl (C=O) groups is 1. The maximum Gasteiger partial charge on any atom is 0.262 e. The van der Waals surface area contributed by atoms with Crippen LogP contribution in [0.15, 0.2) is 47.4 Å². The van der Waals surface area contributed by atoms with E-state index in [0.717, 1.165) is 0 Å². The quantitative estimate of drug-likeness (QED) is 0.793. The molecule has 142 valence electrons. The van der Waals surface area contributed by atoms with Crippen LogP contribution in [0.2, 0.25) is 0 Å². The topological polar surface area (TPSA) is 93.7 Å². The standard InChI is InChI=1S/C19H20N2O5S/c22-19(20-12-13-1-2-13)14-3-5-15(6-4-14)21-27(23,24)16-7-8-17-18(11-16)26-10-9-25-17/h3-8,11,13,21H,1-2,9-10,12H2,(H,20,22). The van der Waals surface area contributed by atoms with Gasteiger partial charge in [0.15, 0.2) is 11.5 Å². The molecule has 4 rings (SSSR count). The van der Waals surface area contributed by atoms with E-state index >= 15 is 0 Å². The summed E-state index contributed by atoms with van der Waals surface area (Å²) in [5.41, 5.74) is 0.876. The molecule has 2 aromatic carbocycles. The average molecular weight is 388 g/mol. The number of fused-ring (bicyclic) bond motifs is 1. The van der Waals surface area contributed by atoms with Gasteiger partial charge in [-0.1, -0.05) is 0 Å². The molecule has 0 atom stereocenters. The number of hydrogen-bond donors (Lipinski definition) is 2. The largest absolute Gasteiger partial charge is 0.486 e. The molecular formula is C19H20N2O5S. The third kappa shape index (κ3) is 4.16. The lowest BCUT2D eigenvalue weighted by Gasteiger charge is -2.19. The Hall–Kier alpha value is -2.74. The number of ether oxygens (including phenoxy) is 2. The molecule has 1 fully saturated rings. The zero-order valence-electron chi connectivity index (χ0n) is 14.6. The minimum absolute atomic E-state index is 0.0815. The summed E-state index contributed by atoms with van der Waals surface area (Å²) >= 11 is 0. The molecule has 1 heterocycles. The first-order valence-electron chi connectivity index (χ1n) is 8.82. The molecule has 7 nitrogen and oxygen atoms in total. The Kier molecular flexibility index (Phi) is 4.65. The van der Waals surface area contributed by atoms with Crippen molar-refractivity contribution in [1.29, 1.82) is 0 Å². The number of hydrogen-bond acceptors (Lipinski definition) is 5. The van der Waals surface area contributed by atoms with Gasteiger partial charge >= 0.3 is 0 Å². The molecule has 0 saturated heterocycles. The van der Waals surface area contributed by atoms with Crippen LogP contribution >= 0.6 is 0 Å². The van der Waals surface area contributed by atoms with Crippen LogP contribution in [0.4, 0.5) is 5.69 Å². The highest BCUT2D eigenvalue weighted by molar-refractivity contribution is 7.92. The summed E-state index contributed by atoms with van der Waals surface area (Å²) in [5, 5.41) is 2.88. The van der Waals surface area contributed by atoms with Crippen molar-refractivity contribution >= 4 is 21.6 Å². The summed E-state index contributed by atoms with van der Waals surface area (Å²) in [5.74, 6) is 1.39. The molecular weight excluding hydrogens is 368 g/mol. The van der Waals surface area contributed by atoms with E-state index in [2.05, 4.69) is 10.0 Å². The van der Waals surface area contributed by atoms with Crippen LogP contribution in [-0.4, -0.2) is 34.1 Å². The highest BCUT2D eigenvalue weighted by atomic mass is 32.2. The van der Waals surface area contributed by atoms with Gasteiger partial charge in [0.2, 0.25) is 0 Å². The van der Waals surface area contributed by atoms with Crippen molar-refractivity contribution in [2.24, 2.45) is 5.92 Å². The lowest BCUT2D eigenvalue weighted by Crippen LogP contribution is -2.25. The maximum atomic E-state index is 12.6. The zero-order chi connectivity index (χ0) is 18.9. The molecule has 1 aliphatic heterocycles. The molecule has 1 amide bonds. The van der Waals surface area contributed by atoms with Gasteiger partial charge in [0.25, 0.3) is 15.9 Å². The van der Waals surface area contributed by atoms with Gasteiger partial charge in [0, 0.05) is 23.9 Å². The van der Waals surface area contributed by atoms with Crippen LogP contribution in [-0.2, 0) is 10.0 Å². The second kappa shape index (κ2) is 7.11. The highest BCUT2D eigenvalue weighted by Gasteiger charge is 2.22. The van der Waals surface area contributed by atoms with Crippen molar-refractivity contribution < 1.29 is 22.7 Å². The van der Waals surface area contributed by atoms with Gasteiger partial charge in [-0.2, -0.15) is 0 Å². The van der Waals surface area contributed by atoms with Crippen LogP contribution in [0.5, 0.6) is 11.5 Å². The molecule has 1 aliphatic carbocycles. The maximum absolute atomic E-state index is 12.6. The van der Waals surface area contributed by atoms with Crippen molar-refractivity contribution in [3.05, 3.63) is 48.0 Å². The molecule has 2 N–H and O–H groups in total. The number of benzene rings is 2. The normalized spacial score (nSPS) is 15.9. The van der Waals surface area contributed by atoms with Crippen molar-refractivity contribution in [3.63, 3.8) is 0 Å². The van der Waals surface area contributed by atoms with Gasteiger partial charge < -0.3 is 14.8 Å². The molecule has 1 saturated carbocycles. The van der Waals surface area contributed by atoms with E-state index in [9.17, 15) is 13.2 Å². The Morgan fingerprint density at radius 3 is 2.41 bits per heavy atom. The Labute approximate surface area is 157 Å². The fraction of sp³-hybridized carbons (Fsp3) is 0.316. The van der Waals surface area contributed by atoms with Crippen molar-refractivity contribution in [2.45, 2.75) is 17.7 Å². The van der Waals surface area contributed by atoms with Crippen molar-refractivity contribution in [2.75, 3.05) is 24.5 Å². The van der Waals surface area contributed by atoms with Crippen LogP contribution in [0, 0.1) is 5.92 Å². The van der Waals surface area contributed by atoms with E-state index in [0.29, 0.717) is 48.4 Å². The Bertz CT molecular complexity index is 953. The SMILES string of the molecule is O=C(NCC1CC1)c1ccc(NS(=O)(=O)c2ccc3c(c2)OCCO3)cc1. The second-order valence-electron chi connectivity index (χ2n) is 6.64. The van der Waals surface area contributed by atoms with Crippen molar-refractivity contribution in [3.8, 4) is 11.5 Å². The van der Waals surface area contributed by atoms with Gasteiger partial charge in [-0.05, 0) is 55.2 Å². The van der Waals surface area contributed by atoms with E-state index in [1.807, 2.05) is 0 Å². The predicted octanol–water partition coefficient (Wildman–Crippen LogP) is 2.40. The van der Waals surface area contributed by atoms with Crippen LogP contribution in [0.25, 0.3) is 0 Å². The molecule has 0 radical (unpaired) electrons. The molecule has 2 aliphatic rings. The zero-order valence-corrected chi connectivity index (χ0v) is 15.4. The van der Waals surface area contributed by atoms with Crippen LogP contribution in [0.3, 0.4) is 0 Å². The summed E-state index contributed by atoms with van der Waals surface area (Å²) in [7, 11) is -3.78.